The number of nitrogens with one attached hydrogen (secondary N) is 1. The van der Waals surface area contributed by atoms with E-state index in [1.54, 1.807) is 36.4 Å². The van der Waals surface area contributed by atoms with Gasteiger partial charge >= 0.3 is 0 Å². The predicted octanol–water partition coefficient (Wildman–Crippen LogP) is 4.72. The number of nitrogens with two attached hydrogens (primary N) is 1. The van der Waals surface area contributed by atoms with Crippen LogP contribution in [0, 0.1) is 11.6 Å². The Bertz CT molecular complexity index is 1320. The van der Waals surface area contributed by atoms with Crippen molar-refractivity contribution in [2.45, 2.75) is 35.6 Å². The van der Waals surface area contributed by atoms with Crippen LogP contribution in [0.4, 0.5) is 14.5 Å². The second-order valence-electron chi connectivity index (χ2n) is 8.36. The minimum Gasteiger partial charge on any atom is -0.368 e. The van der Waals surface area contributed by atoms with Gasteiger partial charge in [0.25, 0.3) is 0 Å². The van der Waals surface area contributed by atoms with Gasteiger partial charge in [-0.05, 0) is 54.4 Å². The van der Waals surface area contributed by atoms with Gasteiger partial charge in [-0.15, -0.1) is 11.8 Å². The highest BCUT2D eigenvalue weighted by molar-refractivity contribution is 7.99. The molecule has 0 unspecified atom stereocenters. The molecule has 10 heteroatoms. The van der Waals surface area contributed by atoms with E-state index in [0.717, 1.165) is 21.9 Å². The summed E-state index contributed by atoms with van der Waals surface area (Å²) in [6.07, 6.45) is -0.448. The van der Waals surface area contributed by atoms with Crippen LogP contribution >= 0.6 is 23.4 Å². The van der Waals surface area contributed by atoms with E-state index < -0.39 is 53.1 Å². The summed E-state index contributed by atoms with van der Waals surface area (Å²) in [5, 5.41) is 2.59. The molecule has 3 aromatic carbocycles. The first-order valence-corrected chi connectivity index (χ1v) is 12.3. The molecule has 1 aliphatic heterocycles. The molecule has 0 radical (unpaired) electrons. The van der Waals surface area contributed by atoms with Gasteiger partial charge in [0.2, 0.25) is 17.7 Å². The van der Waals surface area contributed by atoms with E-state index in [1.807, 2.05) is 12.1 Å². The molecule has 0 saturated heterocycles. The van der Waals surface area contributed by atoms with E-state index in [9.17, 15) is 23.2 Å². The van der Waals surface area contributed by atoms with Crippen LogP contribution in [-0.2, 0) is 20.8 Å². The van der Waals surface area contributed by atoms with Crippen molar-refractivity contribution in [3.05, 3.63) is 94.5 Å². The van der Waals surface area contributed by atoms with Gasteiger partial charge in [0.05, 0.1) is 17.4 Å². The third kappa shape index (κ3) is 5.52. The largest absolute Gasteiger partial charge is 0.368 e. The van der Waals surface area contributed by atoms with E-state index in [2.05, 4.69) is 5.32 Å². The molecule has 3 N–H and O–H groups in total. The van der Waals surface area contributed by atoms with E-state index >= 15 is 0 Å². The van der Waals surface area contributed by atoms with Crippen LogP contribution in [0.1, 0.15) is 23.3 Å². The Kier molecular flexibility index (Phi) is 7.61. The predicted molar refractivity (Wildman–Crippen MR) is 134 cm³/mol. The van der Waals surface area contributed by atoms with Crippen molar-refractivity contribution in [2.75, 3.05) is 5.32 Å². The van der Waals surface area contributed by atoms with Gasteiger partial charge in [-0.2, -0.15) is 0 Å². The van der Waals surface area contributed by atoms with Crippen LogP contribution in [0.25, 0.3) is 0 Å². The van der Waals surface area contributed by atoms with E-state index in [0.29, 0.717) is 22.3 Å². The molecule has 3 aromatic rings. The Labute approximate surface area is 215 Å². The monoisotopic (exact) mass is 529 g/mol. The van der Waals surface area contributed by atoms with Crippen molar-refractivity contribution >= 4 is 46.8 Å². The Morgan fingerprint density at radius 2 is 1.78 bits per heavy atom. The fraction of sp³-hybridized carbons (Fsp3) is 0.192. The van der Waals surface area contributed by atoms with Crippen LogP contribution < -0.4 is 11.1 Å². The van der Waals surface area contributed by atoms with Crippen LogP contribution in [0.5, 0.6) is 0 Å². The molecular weight excluding hydrogens is 508 g/mol. The topological polar surface area (TPSA) is 92.5 Å². The Morgan fingerprint density at radius 1 is 1.08 bits per heavy atom. The Hall–Kier alpha value is -3.43. The lowest BCUT2D eigenvalue weighted by molar-refractivity contribution is -0.144. The zero-order valence-corrected chi connectivity index (χ0v) is 20.7. The lowest BCUT2D eigenvalue weighted by atomic mass is 9.99. The molecule has 0 spiro atoms. The molecule has 0 fully saturated rings. The summed E-state index contributed by atoms with van der Waals surface area (Å²) in [6.45, 7) is 1.41. The average Bonchev–Trinajstić information content (AvgIpc) is 2.95. The smallest absolute Gasteiger partial charge is 0.248 e. The number of rotatable bonds is 6. The molecular formula is C26H22ClF2N3O3S. The fourth-order valence-electron chi connectivity index (χ4n) is 4.15. The molecule has 0 aliphatic carbocycles. The zero-order chi connectivity index (χ0) is 26.0. The number of carbonyl (C=O) groups is 3. The maximum atomic E-state index is 13.8. The van der Waals surface area contributed by atoms with Gasteiger partial charge < -0.3 is 16.0 Å². The summed E-state index contributed by atoms with van der Waals surface area (Å²) >= 11 is 7.58. The van der Waals surface area contributed by atoms with Crippen LogP contribution in [0.2, 0.25) is 5.02 Å². The van der Waals surface area contributed by atoms with E-state index in [-0.39, 0.29) is 5.56 Å². The Balaban J connectivity index is 1.82. The minimum atomic E-state index is -1.20. The molecule has 6 nitrogen and oxygen atoms in total. The van der Waals surface area contributed by atoms with Crippen LogP contribution in [0.3, 0.4) is 0 Å². The summed E-state index contributed by atoms with van der Waals surface area (Å²) in [7, 11) is 0. The SMILES string of the molecule is C[C@@H](C(N)=O)N(C(=O)Cc1cc(F)cc(F)c1)[C@@H]1C(=O)Nc2ccccc2S[C@@H]1c1cccc(Cl)c1. The number of benzene rings is 3. The number of hydrogen-bond donors (Lipinski definition) is 2. The number of primary amides is 1. The second kappa shape index (κ2) is 10.7. The van der Waals surface area contributed by atoms with Crippen molar-refractivity contribution in [1.82, 2.24) is 4.90 Å². The number of halogens is 3. The zero-order valence-electron chi connectivity index (χ0n) is 19.1. The number of nitrogens with zero attached hydrogens (tertiary/aromatic N) is 1. The van der Waals surface area contributed by atoms with Gasteiger partial charge in [-0.3, -0.25) is 14.4 Å². The van der Waals surface area contributed by atoms with E-state index in [1.165, 1.54) is 18.7 Å². The van der Waals surface area contributed by atoms with Crippen molar-refractivity contribution in [2.24, 2.45) is 5.73 Å². The lowest BCUT2D eigenvalue weighted by Crippen LogP contribution is -2.57. The van der Waals surface area contributed by atoms with Crippen LogP contribution in [0.15, 0.2) is 71.6 Å². The molecule has 186 valence electrons. The molecule has 0 saturated carbocycles. The normalized spacial score (nSPS) is 17.9. The average molecular weight is 530 g/mol. The molecule has 1 heterocycles. The summed E-state index contributed by atoms with van der Waals surface area (Å²) in [5.41, 5.74) is 6.84. The maximum absolute atomic E-state index is 13.8. The maximum Gasteiger partial charge on any atom is 0.248 e. The summed E-state index contributed by atoms with van der Waals surface area (Å²) in [4.78, 5) is 41.4. The lowest BCUT2D eigenvalue weighted by Gasteiger charge is -2.37. The van der Waals surface area contributed by atoms with Gasteiger partial charge in [0.15, 0.2) is 0 Å². The minimum absolute atomic E-state index is 0.0587. The molecule has 1 aliphatic rings. The van der Waals surface area contributed by atoms with E-state index in [4.69, 9.17) is 17.3 Å². The van der Waals surface area contributed by atoms with Gasteiger partial charge in [-0.1, -0.05) is 35.9 Å². The molecule has 0 aromatic heterocycles. The molecule has 36 heavy (non-hydrogen) atoms. The highest BCUT2D eigenvalue weighted by Gasteiger charge is 2.43. The fourth-order valence-corrected chi connectivity index (χ4v) is 5.69. The van der Waals surface area contributed by atoms with Gasteiger partial charge in [0.1, 0.15) is 23.7 Å². The first-order valence-electron chi connectivity index (χ1n) is 11.0. The number of para-hydroxylation sites is 1. The number of carbonyl (C=O) groups excluding carboxylic acids is 3. The van der Waals surface area contributed by atoms with Crippen molar-refractivity contribution < 1.29 is 23.2 Å². The number of fused-ring (bicyclic) bond motifs is 1. The number of hydrogen-bond acceptors (Lipinski definition) is 4. The Morgan fingerprint density at radius 3 is 2.44 bits per heavy atom. The summed E-state index contributed by atoms with van der Waals surface area (Å²) in [6, 6.07) is 14.4. The van der Waals surface area contributed by atoms with Crippen molar-refractivity contribution in [3.63, 3.8) is 0 Å². The first kappa shape index (κ1) is 25.7. The second-order valence-corrected chi connectivity index (χ2v) is 9.98. The quantitative estimate of drug-likeness (QED) is 0.483. The molecule has 4 rings (SSSR count). The standard InChI is InChI=1S/C26H22ClF2N3O3S/c1-14(25(30)34)32(22(33)11-15-9-18(28)13-19(29)10-15)23-24(16-5-4-6-17(27)12-16)36-21-8-3-2-7-20(21)31-26(23)35/h2-10,12-14,23-24H,11H2,1H3,(H2,30,34)(H,31,35)/t14-,23-,24+/m0/s1. The summed E-state index contributed by atoms with van der Waals surface area (Å²) in [5.74, 6) is -3.75. The number of amides is 3. The highest BCUT2D eigenvalue weighted by Crippen LogP contribution is 2.46. The molecule has 0 bridgehead atoms. The highest BCUT2D eigenvalue weighted by atomic mass is 35.5. The molecule has 3 amide bonds. The third-order valence-corrected chi connectivity index (χ3v) is 7.45. The number of anilines is 1. The molecule has 3 atom stereocenters. The van der Waals surface area contributed by atoms with Gasteiger partial charge in [0, 0.05) is 16.0 Å². The number of thioether (sulfide) groups is 1. The van der Waals surface area contributed by atoms with Crippen LogP contribution in [-0.4, -0.2) is 34.7 Å². The first-order chi connectivity index (χ1) is 17.1. The van der Waals surface area contributed by atoms with Gasteiger partial charge in [-0.25, -0.2) is 8.78 Å². The summed E-state index contributed by atoms with van der Waals surface area (Å²) < 4.78 is 27.6. The van der Waals surface area contributed by atoms with Crippen molar-refractivity contribution in [1.29, 1.82) is 0 Å². The van der Waals surface area contributed by atoms with Crippen molar-refractivity contribution in [3.8, 4) is 0 Å². The third-order valence-electron chi connectivity index (χ3n) is 5.83.